The molecule has 0 fully saturated rings. The van der Waals surface area contributed by atoms with Gasteiger partial charge in [-0.15, -0.1) is 0 Å². The first-order valence-electron chi connectivity index (χ1n) is 10.8. The molecule has 3 aromatic carbocycles. The van der Waals surface area contributed by atoms with Crippen LogP contribution in [0.1, 0.15) is 51.7 Å². The van der Waals surface area contributed by atoms with Gasteiger partial charge in [-0.1, -0.05) is 62.4 Å². The predicted molar refractivity (Wildman–Crippen MR) is 121 cm³/mol. The van der Waals surface area contributed by atoms with Gasteiger partial charge < -0.3 is 9.47 Å². The summed E-state index contributed by atoms with van der Waals surface area (Å²) in [6, 6.07) is 21.7. The predicted octanol–water partition coefficient (Wildman–Crippen LogP) is 7.28. The van der Waals surface area contributed by atoms with Crippen LogP contribution in [0, 0.1) is 0 Å². The first kappa shape index (κ1) is 19.6. The van der Waals surface area contributed by atoms with E-state index in [9.17, 15) is 0 Å². The molecular formula is C27H30O2. The average Bonchev–Trinajstić information content (AvgIpc) is 3.13. The van der Waals surface area contributed by atoms with Crippen LogP contribution in [-0.4, -0.2) is 12.2 Å². The van der Waals surface area contributed by atoms with Crippen molar-refractivity contribution in [1.29, 1.82) is 0 Å². The lowest BCUT2D eigenvalue weighted by atomic mass is 9.95. The molecule has 29 heavy (non-hydrogen) atoms. The standard InChI is InChI=1S/C27H30O2/c1-5-18(3)28-26-15-14-21(17-27(26)29-19(4)6-2)23-12-9-13-24-22-11-8-7-10-20(22)16-25(23)24/h7-15,17-19H,5-6,16H2,1-4H3. The summed E-state index contributed by atoms with van der Waals surface area (Å²) >= 11 is 0. The zero-order valence-corrected chi connectivity index (χ0v) is 17.9. The van der Waals surface area contributed by atoms with Crippen LogP contribution in [0.2, 0.25) is 0 Å². The summed E-state index contributed by atoms with van der Waals surface area (Å²) in [5.74, 6) is 1.67. The van der Waals surface area contributed by atoms with E-state index < -0.39 is 0 Å². The van der Waals surface area contributed by atoms with Gasteiger partial charge in [0.05, 0.1) is 12.2 Å². The smallest absolute Gasteiger partial charge is 0.162 e. The molecule has 0 heterocycles. The minimum atomic E-state index is 0.148. The summed E-state index contributed by atoms with van der Waals surface area (Å²) in [6.07, 6.45) is 3.22. The van der Waals surface area contributed by atoms with E-state index in [4.69, 9.17) is 9.47 Å². The molecule has 0 spiro atoms. The lowest BCUT2D eigenvalue weighted by Gasteiger charge is -2.20. The maximum atomic E-state index is 6.26. The highest BCUT2D eigenvalue weighted by Crippen LogP contribution is 2.43. The van der Waals surface area contributed by atoms with Gasteiger partial charge in [-0.05, 0) is 78.6 Å². The van der Waals surface area contributed by atoms with Crippen LogP contribution in [0.4, 0.5) is 0 Å². The normalized spacial score (nSPS) is 14.1. The summed E-state index contributed by atoms with van der Waals surface area (Å²) in [5, 5.41) is 0. The molecule has 0 aliphatic heterocycles. The molecule has 2 heteroatoms. The summed E-state index contributed by atoms with van der Waals surface area (Å²) < 4.78 is 12.4. The Morgan fingerprint density at radius 2 is 1.38 bits per heavy atom. The Bertz CT molecular complexity index is 1010. The van der Waals surface area contributed by atoms with Crippen molar-refractivity contribution in [3.8, 4) is 33.8 Å². The minimum absolute atomic E-state index is 0.148. The van der Waals surface area contributed by atoms with Gasteiger partial charge in [0.2, 0.25) is 0 Å². The number of ether oxygens (including phenoxy) is 2. The van der Waals surface area contributed by atoms with E-state index in [0.717, 1.165) is 30.8 Å². The Morgan fingerprint density at radius 1 is 0.724 bits per heavy atom. The second kappa shape index (κ2) is 8.32. The van der Waals surface area contributed by atoms with Crippen molar-refractivity contribution >= 4 is 0 Å². The van der Waals surface area contributed by atoms with Gasteiger partial charge in [0.25, 0.3) is 0 Å². The van der Waals surface area contributed by atoms with E-state index in [1.54, 1.807) is 0 Å². The molecule has 0 amide bonds. The van der Waals surface area contributed by atoms with Crippen LogP contribution in [0.5, 0.6) is 11.5 Å². The molecule has 3 aromatic rings. The quantitative estimate of drug-likeness (QED) is 0.332. The highest BCUT2D eigenvalue weighted by molar-refractivity contribution is 5.85. The number of rotatable bonds is 7. The lowest BCUT2D eigenvalue weighted by molar-refractivity contribution is 0.177. The third-order valence-corrected chi connectivity index (χ3v) is 5.91. The van der Waals surface area contributed by atoms with E-state index in [1.807, 2.05) is 0 Å². The third kappa shape index (κ3) is 3.89. The Labute approximate surface area is 174 Å². The second-order valence-corrected chi connectivity index (χ2v) is 8.00. The molecule has 0 aromatic heterocycles. The van der Waals surface area contributed by atoms with Crippen LogP contribution in [0.3, 0.4) is 0 Å². The SMILES string of the molecule is CCC(C)Oc1ccc(-c2cccc3c2Cc2ccccc2-3)cc1OC(C)CC. The molecule has 1 aliphatic carbocycles. The molecule has 2 nitrogen and oxygen atoms in total. The molecule has 150 valence electrons. The zero-order valence-electron chi connectivity index (χ0n) is 17.9. The number of hydrogen-bond acceptors (Lipinski definition) is 2. The van der Waals surface area contributed by atoms with Crippen molar-refractivity contribution < 1.29 is 9.47 Å². The Morgan fingerprint density at radius 3 is 2.14 bits per heavy atom. The highest BCUT2D eigenvalue weighted by atomic mass is 16.5. The molecule has 0 saturated carbocycles. The van der Waals surface area contributed by atoms with Crippen molar-refractivity contribution in [2.24, 2.45) is 0 Å². The van der Waals surface area contributed by atoms with Gasteiger partial charge in [-0.2, -0.15) is 0 Å². The van der Waals surface area contributed by atoms with Crippen molar-refractivity contribution in [1.82, 2.24) is 0 Å². The molecular weight excluding hydrogens is 356 g/mol. The zero-order chi connectivity index (χ0) is 20.4. The van der Waals surface area contributed by atoms with Gasteiger partial charge in [0.15, 0.2) is 11.5 Å². The fraction of sp³-hybridized carbons (Fsp3) is 0.333. The van der Waals surface area contributed by atoms with Crippen LogP contribution in [0.15, 0.2) is 60.7 Å². The summed E-state index contributed by atoms with van der Waals surface area (Å²) in [4.78, 5) is 0. The van der Waals surface area contributed by atoms with Gasteiger partial charge in [0, 0.05) is 0 Å². The van der Waals surface area contributed by atoms with E-state index in [0.29, 0.717) is 0 Å². The van der Waals surface area contributed by atoms with Crippen molar-refractivity contribution in [2.45, 2.75) is 59.2 Å². The van der Waals surface area contributed by atoms with Crippen LogP contribution in [0.25, 0.3) is 22.3 Å². The fourth-order valence-corrected chi connectivity index (χ4v) is 3.89. The van der Waals surface area contributed by atoms with E-state index in [-0.39, 0.29) is 12.2 Å². The minimum Gasteiger partial charge on any atom is -0.487 e. The Balaban J connectivity index is 1.75. The van der Waals surface area contributed by atoms with Crippen molar-refractivity contribution in [3.05, 3.63) is 71.8 Å². The number of fused-ring (bicyclic) bond motifs is 3. The third-order valence-electron chi connectivity index (χ3n) is 5.91. The van der Waals surface area contributed by atoms with E-state index >= 15 is 0 Å². The summed E-state index contributed by atoms with van der Waals surface area (Å²) in [7, 11) is 0. The average molecular weight is 387 g/mol. The Hall–Kier alpha value is -2.74. The second-order valence-electron chi connectivity index (χ2n) is 8.00. The van der Waals surface area contributed by atoms with Gasteiger partial charge in [-0.25, -0.2) is 0 Å². The molecule has 1 aliphatic rings. The largest absolute Gasteiger partial charge is 0.487 e. The fourth-order valence-electron chi connectivity index (χ4n) is 3.89. The van der Waals surface area contributed by atoms with Crippen LogP contribution < -0.4 is 9.47 Å². The van der Waals surface area contributed by atoms with Gasteiger partial charge in [-0.3, -0.25) is 0 Å². The van der Waals surface area contributed by atoms with Crippen molar-refractivity contribution in [3.63, 3.8) is 0 Å². The monoisotopic (exact) mass is 386 g/mol. The topological polar surface area (TPSA) is 18.5 Å². The first-order valence-corrected chi connectivity index (χ1v) is 10.8. The molecule has 0 radical (unpaired) electrons. The summed E-state index contributed by atoms with van der Waals surface area (Å²) in [5.41, 5.74) is 7.98. The van der Waals surface area contributed by atoms with Gasteiger partial charge >= 0.3 is 0 Å². The van der Waals surface area contributed by atoms with E-state index in [2.05, 4.69) is 88.4 Å². The summed E-state index contributed by atoms with van der Waals surface area (Å²) in [6.45, 7) is 8.49. The van der Waals surface area contributed by atoms with Gasteiger partial charge in [0.1, 0.15) is 0 Å². The molecule has 2 atom stereocenters. The maximum Gasteiger partial charge on any atom is 0.162 e. The maximum absolute atomic E-state index is 6.26. The van der Waals surface area contributed by atoms with Crippen molar-refractivity contribution in [2.75, 3.05) is 0 Å². The Kier molecular flexibility index (Phi) is 5.62. The molecule has 0 bridgehead atoms. The highest BCUT2D eigenvalue weighted by Gasteiger charge is 2.22. The molecule has 0 N–H and O–H groups in total. The molecule has 2 unspecified atom stereocenters. The first-order chi connectivity index (χ1) is 14.1. The molecule has 4 rings (SSSR count). The van der Waals surface area contributed by atoms with E-state index in [1.165, 1.54) is 33.4 Å². The van der Waals surface area contributed by atoms with Crippen LogP contribution >= 0.6 is 0 Å². The molecule has 0 saturated heterocycles. The lowest BCUT2D eigenvalue weighted by Crippen LogP contribution is -2.14. The van der Waals surface area contributed by atoms with Crippen LogP contribution in [-0.2, 0) is 6.42 Å². The number of benzene rings is 3. The number of hydrogen-bond donors (Lipinski definition) is 0.